The van der Waals surface area contributed by atoms with Gasteiger partial charge in [0.05, 0.1) is 22.8 Å². The van der Waals surface area contributed by atoms with Crippen LogP contribution in [-0.4, -0.2) is 43.5 Å². The molecule has 0 bridgehead atoms. The Bertz CT molecular complexity index is 768. The van der Waals surface area contributed by atoms with Gasteiger partial charge in [-0.2, -0.15) is 0 Å². The van der Waals surface area contributed by atoms with Gasteiger partial charge in [0.15, 0.2) is 0 Å². The summed E-state index contributed by atoms with van der Waals surface area (Å²) in [5.41, 5.74) is 1.17. The highest BCUT2D eigenvalue weighted by Crippen LogP contribution is 2.36. The van der Waals surface area contributed by atoms with Crippen LogP contribution < -0.4 is 5.32 Å². The number of ether oxygens (including phenoxy) is 2. The number of nitrogens with zero attached hydrogens (tertiary/aromatic N) is 1. The Morgan fingerprint density at radius 1 is 1.37 bits per heavy atom. The summed E-state index contributed by atoms with van der Waals surface area (Å²) in [4.78, 5) is 12.6. The zero-order valence-electron chi connectivity index (χ0n) is 15.1. The van der Waals surface area contributed by atoms with Crippen molar-refractivity contribution in [2.75, 3.05) is 26.4 Å². The lowest BCUT2D eigenvalue weighted by Gasteiger charge is -2.10. The van der Waals surface area contributed by atoms with Crippen molar-refractivity contribution in [2.24, 2.45) is 0 Å². The van der Waals surface area contributed by atoms with E-state index in [9.17, 15) is 4.79 Å². The van der Waals surface area contributed by atoms with Gasteiger partial charge in [0.1, 0.15) is 17.0 Å². The predicted octanol–water partition coefficient (Wildman–Crippen LogP) is 4.27. The standard InChI is InChI=1S/C19H22Cl2N2O4/c1-12-16(18(23-27-12)17-14(20)6-2-7-15(17)21)19(24)22-8-4-9-25-11-13-5-3-10-26-13/h2,6-7,13H,3-5,8-11H2,1H3,(H,22,24). The second-order valence-electron chi connectivity index (χ2n) is 6.38. The fourth-order valence-corrected chi connectivity index (χ4v) is 3.57. The van der Waals surface area contributed by atoms with E-state index in [4.69, 9.17) is 37.2 Å². The first-order valence-corrected chi connectivity index (χ1v) is 9.71. The average Bonchev–Trinajstić information content (AvgIpc) is 3.28. The van der Waals surface area contributed by atoms with Crippen molar-refractivity contribution in [1.82, 2.24) is 10.5 Å². The quantitative estimate of drug-likeness (QED) is 0.655. The number of hydrogen-bond donors (Lipinski definition) is 1. The first-order chi connectivity index (χ1) is 13.1. The molecule has 1 aliphatic heterocycles. The summed E-state index contributed by atoms with van der Waals surface area (Å²) in [5, 5.41) is 7.67. The van der Waals surface area contributed by atoms with E-state index in [2.05, 4.69) is 10.5 Å². The molecule has 146 valence electrons. The van der Waals surface area contributed by atoms with Crippen LogP contribution in [0.15, 0.2) is 22.7 Å². The van der Waals surface area contributed by atoms with Crippen LogP contribution in [0.3, 0.4) is 0 Å². The Balaban J connectivity index is 1.55. The van der Waals surface area contributed by atoms with Crippen LogP contribution >= 0.6 is 23.2 Å². The number of hydrogen-bond acceptors (Lipinski definition) is 5. The number of amides is 1. The van der Waals surface area contributed by atoms with Crippen LogP contribution in [-0.2, 0) is 9.47 Å². The molecule has 1 unspecified atom stereocenters. The third-order valence-electron chi connectivity index (χ3n) is 4.37. The van der Waals surface area contributed by atoms with Crippen LogP contribution in [0, 0.1) is 6.92 Å². The predicted molar refractivity (Wildman–Crippen MR) is 103 cm³/mol. The molecule has 1 N–H and O–H groups in total. The second-order valence-corrected chi connectivity index (χ2v) is 7.19. The van der Waals surface area contributed by atoms with E-state index in [1.54, 1.807) is 25.1 Å². The maximum atomic E-state index is 12.6. The van der Waals surface area contributed by atoms with Gasteiger partial charge in [-0.05, 0) is 38.3 Å². The van der Waals surface area contributed by atoms with Crippen LogP contribution in [0.1, 0.15) is 35.4 Å². The molecule has 3 rings (SSSR count). The van der Waals surface area contributed by atoms with E-state index in [-0.39, 0.29) is 12.0 Å². The third kappa shape index (κ3) is 5.02. The van der Waals surface area contributed by atoms with Gasteiger partial charge in [0.25, 0.3) is 5.91 Å². The summed E-state index contributed by atoms with van der Waals surface area (Å²) < 4.78 is 16.3. The van der Waals surface area contributed by atoms with Crippen LogP contribution in [0.25, 0.3) is 11.3 Å². The smallest absolute Gasteiger partial charge is 0.257 e. The summed E-state index contributed by atoms with van der Waals surface area (Å²) in [6.07, 6.45) is 3.06. The van der Waals surface area contributed by atoms with Gasteiger partial charge in [-0.3, -0.25) is 4.79 Å². The van der Waals surface area contributed by atoms with E-state index >= 15 is 0 Å². The summed E-state index contributed by atoms with van der Waals surface area (Å²) in [6.45, 7) is 4.14. The molecule has 8 heteroatoms. The topological polar surface area (TPSA) is 73.6 Å². The van der Waals surface area contributed by atoms with Crippen LogP contribution in [0.4, 0.5) is 0 Å². The second kappa shape index (κ2) is 9.55. The molecule has 2 aromatic rings. The molecule has 1 amide bonds. The summed E-state index contributed by atoms with van der Waals surface area (Å²) in [6, 6.07) is 5.12. The number of carbonyl (C=O) groups excluding carboxylic acids is 1. The van der Waals surface area contributed by atoms with Crippen molar-refractivity contribution in [2.45, 2.75) is 32.3 Å². The van der Waals surface area contributed by atoms with Gasteiger partial charge in [-0.1, -0.05) is 34.4 Å². The lowest BCUT2D eigenvalue weighted by atomic mass is 10.1. The van der Waals surface area contributed by atoms with E-state index < -0.39 is 0 Å². The molecule has 1 aromatic heterocycles. The van der Waals surface area contributed by atoms with E-state index in [0.29, 0.717) is 58.8 Å². The highest BCUT2D eigenvalue weighted by Gasteiger charge is 2.24. The Morgan fingerprint density at radius 2 is 2.15 bits per heavy atom. The Hall–Kier alpha value is -1.60. The van der Waals surface area contributed by atoms with Crippen molar-refractivity contribution < 1.29 is 18.8 Å². The number of carbonyl (C=O) groups is 1. The zero-order valence-corrected chi connectivity index (χ0v) is 16.6. The highest BCUT2D eigenvalue weighted by atomic mass is 35.5. The van der Waals surface area contributed by atoms with E-state index in [0.717, 1.165) is 19.4 Å². The molecule has 0 aliphatic carbocycles. The minimum atomic E-state index is -0.279. The number of aryl methyl sites for hydroxylation is 1. The van der Waals surface area contributed by atoms with Crippen molar-refractivity contribution in [3.05, 3.63) is 39.6 Å². The maximum absolute atomic E-state index is 12.6. The minimum absolute atomic E-state index is 0.210. The molecular formula is C19H22Cl2N2O4. The van der Waals surface area contributed by atoms with Crippen molar-refractivity contribution in [3.8, 4) is 11.3 Å². The lowest BCUT2D eigenvalue weighted by Crippen LogP contribution is -2.26. The first kappa shape index (κ1) is 20.1. The monoisotopic (exact) mass is 412 g/mol. The highest BCUT2D eigenvalue weighted by molar-refractivity contribution is 6.39. The summed E-state index contributed by atoms with van der Waals surface area (Å²) in [5.74, 6) is 0.131. The Labute approximate surface area is 168 Å². The third-order valence-corrected chi connectivity index (χ3v) is 5.00. The first-order valence-electron chi connectivity index (χ1n) is 8.96. The SMILES string of the molecule is Cc1onc(-c2c(Cl)cccc2Cl)c1C(=O)NCCCOCC1CCCO1. The van der Waals surface area contributed by atoms with Gasteiger partial charge in [-0.15, -0.1) is 0 Å². The van der Waals surface area contributed by atoms with Crippen LogP contribution in [0.5, 0.6) is 0 Å². The molecular weight excluding hydrogens is 391 g/mol. The average molecular weight is 413 g/mol. The largest absolute Gasteiger partial charge is 0.379 e. The summed E-state index contributed by atoms with van der Waals surface area (Å²) >= 11 is 12.5. The Kier molecular flexibility index (Phi) is 7.13. The molecule has 0 spiro atoms. The molecule has 27 heavy (non-hydrogen) atoms. The van der Waals surface area contributed by atoms with E-state index in [1.165, 1.54) is 0 Å². The fraction of sp³-hybridized carbons (Fsp3) is 0.474. The fourth-order valence-electron chi connectivity index (χ4n) is 2.99. The molecule has 0 radical (unpaired) electrons. The maximum Gasteiger partial charge on any atom is 0.257 e. The van der Waals surface area contributed by atoms with Gasteiger partial charge >= 0.3 is 0 Å². The van der Waals surface area contributed by atoms with Gasteiger partial charge in [0.2, 0.25) is 0 Å². The zero-order chi connectivity index (χ0) is 19.2. The molecule has 1 fully saturated rings. The molecule has 1 atom stereocenters. The number of benzene rings is 1. The van der Waals surface area contributed by atoms with Crippen molar-refractivity contribution in [1.29, 1.82) is 0 Å². The minimum Gasteiger partial charge on any atom is -0.379 e. The normalized spacial score (nSPS) is 16.6. The molecule has 1 saturated heterocycles. The molecule has 6 nitrogen and oxygen atoms in total. The summed E-state index contributed by atoms with van der Waals surface area (Å²) in [7, 11) is 0. The number of halogens is 2. The van der Waals surface area contributed by atoms with Crippen molar-refractivity contribution >= 4 is 29.1 Å². The molecule has 2 heterocycles. The number of nitrogens with one attached hydrogen (secondary N) is 1. The van der Waals surface area contributed by atoms with Gasteiger partial charge < -0.3 is 19.3 Å². The van der Waals surface area contributed by atoms with Crippen molar-refractivity contribution in [3.63, 3.8) is 0 Å². The van der Waals surface area contributed by atoms with E-state index in [1.807, 2.05) is 0 Å². The molecule has 0 saturated carbocycles. The van der Waals surface area contributed by atoms with Gasteiger partial charge in [-0.25, -0.2) is 0 Å². The van der Waals surface area contributed by atoms with Gasteiger partial charge in [0, 0.05) is 25.3 Å². The Morgan fingerprint density at radius 3 is 2.85 bits per heavy atom. The number of rotatable bonds is 8. The molecule has 1 aromatic carbocycles. The number of aromatic nitrogens is 1. The van der Waals surface area contributed by atoms with Crippen LogP contribution in [0.2, 0.25) is 10.0 Å². The lowest BCUT2D eigenvalue weighted by molar-refractivity contribution is 0.0166. The molecule has 1 aliphatic rings.